The first-order valence-corrected chi connectivity index (χ1v) is 8.11. The number of carbonyl (C=O) groups excluding carboxylic acids is 1. The lowest BCUT2D eigenvalue weighted by Crippen LogP contribution is -2.41. The summed E-state index contributed by atoms with van der Waals surface area (Å²) in [4.78, 5) is 11.9. The van der Waals surface area contributed by atoms with Crippen molar-refractivity contribution < 1.29 is 23.6 Å². The van der Waals surface area contributed by atoms with Crippen molar-refractivity contribution in [1.82, 2.24) is 0 Å². The molecule has 1 aromatic rings. The second-order valence-corrected chi connectivity index (χ2v) is 7.24. The lowest BCUT2D eigenvalue weighted by Gasteiger charge is -2.32. The summed E-state index contributed by atoms with van der Waals surface area (Å²) in [6, 6.07) is 5.25. The molecule has 128 valence electrons. The zero-order chi connectivity index (χ0) is 17.7. The Balaban J connectivity index is 2.02. The zero-order valence-corrected chi connectivity index (χ0v) is 15.0. The molecule has 24 heavy (non-hydrogen) atoms. The average Bonchev–Trinajstić information content (AvgIpc) is 2.73. The van der Waals surface area contributed by atoms with Crippen LogP contribution in [0.5, 0.6) is 5.75 Å². The summed E-state index contributed by atoms with van der Waals surface area (Å²) in [6.07, 6.45) is 1.88. The number of carbonyl (C=O) groups is 1. The van der Waals surface area contributed by atoms with Crippen LogP contribution < -0.4 is 4.74 Å². The summed E-state index contributed by atoms with van der Waals surface area (Å²) >= 11 is 0. The van der Waals surface area contributed by atoms with E-state index in [1.165, 1.54) is 7.11 Å². The SMILES string of the molecule is COC(=O)c1ccc2c(c1)C(B1OC(C)(C)C(C)(C)O1)=CC(C)O2. The van der Waals surface area contributed by atoms with Crippen LogP contribution in [-0.4, -0.2) is 37.5 Å². The third kappa shape index (κ3) is 2.74. The molecule has 1 unspecified atom stereocenters. The van der Waals surface area contributed by atoms with Crippen LogP contribution in [-0.2, 0) is 14.0 Å². The molecule has 2 heterocycles. The molecule has 2 aliphatic rings. The van der Waals surface area contributed by atoms with Crippen molar-refractivity contribution in [2.24, 2.45) is 0 Å². The third-order valence-corrected chi connectivity index (χ3v) is 4.95. The smallest absolute Gasteiger partial charge is 0.486 e. The Bertz CT molecular complexity index is 691. The monoisotopic (exact) mass is 330 g/mol. The minimum absolute atomic E-state index is 0.101. The summed E-state index contributed by atoms with van der Waals surface area (Å²) in [7, 11) is 0.860. The molecule has 1 saturated heterocycles. The maximum absolute atomic E-state index is 11.9. The number of methoxy groups -OCH3 is 1. The first-order chi connectivity index (χ1) is 11.1. The molecule has 2 aliphatic heterocycles. The van der Waals surface area contributed by atoms with Gasteiger partial charge in [-0.1, -0.05) is 0 Å². The second-order valence-electron chi connectivity index (χ2n) is 7.24. The van der Waals surface area contributed by atoms with Crippen molar-refractivity contribution in [2.75, 3.05) is 7.11 Å². The number of ether oxygens (including phenoxy) is 2. The Morgan fingerprint density at radius 2 is 1.79 bits per heavy atom. The standard InChI is InChI=1S/C18H23BO5/c1-11-9-14(19-23-17(2,3)18(4,5)24-19)13-10-12(16(20)21-6)7-8-15(13)22-11/h7-11H,1-6H3. The topological polar surface area (TPSA) is 54.0 Å². The molecule has 0 N–H and O–H groups in total. The zero-order valence-electron chi connectivity index (χ0n) is 15.0. The number of benzene rings is 1. The number of hydrogen-bond acceptors (Lipinski definition) is 5. The Morgan fingerprint density at radius 3 is 2.38 bits per heavy atom. The Kier molecular flexibility index (Phi) is 4.01. The van der Waals surface area contributed by atoms with Crippen molar-refractivity contribution in [2.45, 2.75) is 51.9 Å². The fraction of sp³-hybridized carbons (Fsp3) is 0.500. The van der Waals surface area contributed by atoms with Gasteiger partial charge in [-0.3, -0.25) is 0 Å². The highest BCUT2D eigenvalue weighted by Gasteiger charge is 2.53. The molecule has 0 aliphatic carbocycles. The van der Waals surface area contributed by atoms with Crippen LogP contribution in [0.2, 0.25) is 0 Å². The lowest BCUT2D eigenvalue weighted by atomic mass is 9.72. The highest BCUT2D eigenvalue weighted by molar-refractivity contribution is 6.69. The van der Waals surface area contributed by atoms with E-state index in [9.17, 15) is 4.79 Å². The predicted octanol–water partition coefficient (Wildman–Crippen LogP) is 3.27. The van der Waals surface area contributed by atoms with Crippen LogP contribution in [0, 0.1) is 0 Å². The van der Waals surface area contributed by atoms with Gasteiger partial charge in [-0.2, -0.15) is 0 Å². The molecule has 0 amide bonds. The van der Waals surface area contributed by atoms with Crippen molar-refractivity contribution in [3.63, 3.8) is 0 Å². The summed E-state index contributed by atoms with van der Waals surface area (Å²) in [6.45, 7) is 10.0. The summed E-state index contributed by atoms with van der Waals surface area (Å²) in [5, 5.41) is 0. The van der Waals surface area contributed by atoms with Crippen LogP contribution in [0.3, 0.4) is 0 Å². The first kappa shape index (κ1) is 17.1. The van der Waals surface area contributed by atoms with E-state index < -0.39 is 18.3 Å². The van der Waals surface area contributed by atoms with Gasteiger partial charge in [-0.15, -0.1) is 0 Å². The van der Waals surface area contributed by atoms with E-state index in [1.54, 1.807) is 18.2 Å². The van der Waals surface area contributed by atoms with Crippen molar-refractivity contribution in [1.29, 1.82) is 0 Å². The van der Waals surface area contributed by atoms with Gasteiger partial charge in [0.05, 0.1) is 23.9 Å². The van der Waals surface area contributed by atoms with Gasteiger partial charge in [-0.25, -0.2) is 4.79 Å². The molecule has 1 fully saturated rings. The average molecular weight is 330 g/mol. The van der Waals surface area contributed by atoms with Gasteiger partial charge in [0.2, 0.25) is 0 Å². The molecule has 0 bridgehead atoms. The number of fused-ring (bicyclic) bond motifs is 1. The number of hydrogen-bond donors (Lipinski definition) is 0. The van der Waals surface area contributed by atoms with Gasteiger partial charge in [0.25, 0.3) is 0 Å². The summed E-state index contributed by atoms with van der Waals surface area (Å²) < 4.78 is 23.0. The van der Waals surface area contributed by atoms with E-state index in [-0.39, 0.29) is 12.1 Å². The molecule has 5 nitrogen and oxygen atoms in total. The molecule has 1 atom stereocenters. The van der Waals surface area contributed by atoms with E-state index in [0.717, 1.165) is 11.0 Å². The molecule has 3 rings (SSSR count). The number of rotatable bonds is 2. The van der Waals surface area contributed by atoms with Gasteiger partial charge in [0.15, 0.2) is 0 Å². The Labute approximate surface area is 143 Å². The number of esters is 1. The maximum atomic E-state index is 11.9. The van der Waals surface area contributed by atoms with E-state index >= 15 is 0 Å². The molecule has 0 spiro atoms. The van der Waals surface area contributed by atoms with E-state index in [1.807, 2.05) is 40.7 Å². The molecular formula is C18H23BO5. The molecule has 0 aromatic heterocycles. The quantitative estimate of drug-likeness (QED) is 0.615. The van der Waals surface area contributed by atoms with Gasteiger partial charge in [-0.05, 0) is 64.4 Å². The van der Waals surface area contributed by atoms with E-state index in [4.69, 9.17) is 18.8 Å². The molecular weight excluding hydrogens is 307 g/mol. The fourth-order valence-electron chi connectivity index (χ4n) is 2.86. The molecule has 6 heteroatoms. The highest BCUT2D eigenvalue weighted by Crippen LogP contribution is 2.43. The van der Waals surface area contributed by atoms with E-state index in [2.05, 4.69) is 0 Å². The first-order valence-electron chi connectivity index (χ1n) is 8.11. The normalized spacial score (nSPS) is 24.0. The van der Waals surface area contributed by atoms with Gasteiger partial charge >= 0.3 is 13.1 Å². The van der Waals surface area contributed by atoms with Crippen LogP contribution in [0.1, 0.15) is 50.5 Å². The van der Waals surface area contributed by atoms with E-state index in [0.29, 0.717) is 11.3 Å². The largest absolute Gasteiger partial charge is 0.495 e. The maximum Gasteiger partial charge on any atom is 0.495 e. The Hall–Kier alpha value is -1.79. The van der Waals surface area contributed by atoms with Crippen LogP contribution in [0.4, 0.5) is 0 Å². The van der Waals surface area contributed by atoms with Gasteiger partial charge in [0.1, 0.15) is 11.9 Å². The fourth-order valence-corrected chi connectivity index (χ4v) is 2.86. The van der Waals surface area contributed by atoms with Crippen molar-refractivity contribution >= 4 is 18.6 Å². The minimum atomic E-state index is -0.506. The summed E-state index contributed by atoms with van der Waals surface area (Å²) in [5.41, 5.74) is 1.29. The van der Waals surface area contributed by atoms with Crippen LogP contribution in [0.15, 0.2) is 24.3 Å². The van der Waals surface area contributed by atoms with Crippen LogP contribution >= 0.6 is 0 Å². The lowest BCUT2D eigenvalue weighted by molar-refractivity contribution is 0.00578. The highest BCUT2D eigenvalue weighted by atomic mass is 16.7. The minimum Gasteiger partial charge on any atom is -0.486 e. The third-order valence-electron chi connectivity index (χ3n) is 4.95. The molecule has 1 aromatic carbocycles. The second kappa shape index (κ2) is 5.64. The van der Waals surface area contributed by atoms with Crippen molar-refractivity contribution in [3.8, 4) is 5.75 Å². The van der Waals surface area contributed by atoms with Crippen molar-refractivity contribution in [3.05, 3.63) is 35.4 Å². The Morgan fingerprint density at radius 1 is 1.17 bits per heavy atom. The van der Waals surface area contributed by atoms with Gasteiger partial charge in [0, 0.05) is 5.56 Å². The predicted molar refractivity (Wildman–Crippen MR) is 91.9 cm³/mol. The molecule has 0 saturated carbocycles. The molecule has 0 radical (unpaired) electrons. The van der Waals surface area contributed by atoms with Gasteiger partial charge < -0.3 is 18.8 Å². The van der Waals surface area contributed by atoms with Crippen LogP contribution in [0.25, 0.3) is 5.47 Å². The summed E-state index contributed by atoms with van der Waals surface area (Å²) in [5.74, 6) is 0.326.